The first-order chi connectivity index (χ1) is 4.09. The quantitative estimate of drug-likeness (QED) is 0.350. The van der Waals surface area contributed by atoms with E-state index in [1.54, 1.807) is 0 Å². The lowest BCUT2D eigenvalue weighted by Gasteiger charge is -2.10. The zero-order chi connectivity index (χ0) is 7.44. The van der Waals surface area contributed by atoms with Gasteiger partial charge >= 0.3 is 5.97 Å². The molecule has 0 saturated carbocycles. The van der Waals surface area contributed by atoms with Gasteiger partial charge in [0.05, 0.1) is 0 Å². The van der Waals surface area contributed by atoms with Crippen molar-refractivity contribution in [3.05, 3.63) is 0 Å². The van der Waals surface area contributed by atoms with Crippen LogP contribution in [-0.4, -0.2) is 28.5 Å². The molecule has 0 heterocycles. The largest absolute Gasteiger partial charge is 0.480 e. The van der Waals surface area contributed by atoms with E-state index in [2.05, 4.69) is 4.89 Å². The number of aliphatic carboxylic acids is 1. The number of carboxylic acids is 1. The highest BCUT2D eigenvalue weighted by molar-refractivity contribution is 5.73. The first kappa shape index (κ1) is 8.35. The molecule has 0 saturated heterocycles. The average molecular weight is 135 g/mol. The Hall–Kier alpha value is -0.650. The van der Waals surface area contributed by atoms with Crippen LogP contribution in [0.25, 0.3) is 0 Å². The molecule has 0 fully saturated rings. The normalized spacial score (nSPS) is 16.8. The number of rotatable bonds is 3. The van der Waals surface area contributed by atoms with E-state index in [0.29, 0.717) is 0 Å². The van der Waals surface area contributed by atoms with Crippen LogP contribution in [0.5, 0.6) is 0 Å². The van der Waals surface area contributed by atoms with Crippen LogP contribution in [0.4, 0.5) is 0 Å². The van der Waals surface area contributed by atoms with E-state index in [1.807, 2.05) is 0 Å². The standard InChI is InChI=1S/C4H9NO4/c1-2(9-8)3(5)4(6)7/h2-3,8H,5H2,1H3,(H,6,7)/t2-,3+/m1/s1. The fourth-order valence-electron chi connectivity index (χ4n) is 0.266. The Balaban J connectivity index is 3.72. The second-order valence-corrected chi connectivity index (χ2v) is 1.67. The molecule has 0 spiro atoms. The second kappa shape index (κ2) is 3.39. The molecule has 0 aromatic carbocycles. The van der Waals surface area contributed by atoms with Crippen LogP contribution in [0.15, 0.2) is 0 Å². The number of hydrogen-bond acceptors (Lipinski definition) is 4. The van der Waals surface area contributed by atoms with Crippen molar-refractivity contribution in [2.75, 3.05) is 0 Å². The highest BCUT2D eigenvalue weighted by atomic mass is 17.1. The van der Waals surface area contributed by atoms with Gasteiger partial charge in [0.25, 0.3) is 0 Å². The predicted molar refractivity (Wildman–Crippen MR) is 28.8 cm³/mol. The summed E-state index contributed by atoms with van der Waals surface area (Å²) in [7, 11) is 0. The lowest BCUT2D eigenvalue weighted by Crippen LogP contribution is -2.41. The Kier molecular flexibility index (Phi) is 3.15. The van der Waals surface area contributed by atoms with Gasteiger partial charge in [0, 0.05) is 0 Å². The Morgan fingerprint density at radius 3 is 2.33 bits per heavy atom. The molecule has 0 amide bonds. The molecular weight excluding hydrogens is 126 g/mol. The minimum absolute atomic E-state index is 0.873. The number of nitrogens with two attached hydrogens (primary N) is 1. The summed E-state index contributed by atoms with van der Waals surface area (Å²) in [6.07, 6.45) is -0.873. The molecule has 0 aromatic rings. The maximum absolute atomic E-state index is 9.98. The number of carbonyl (C=O) groups is 1. The van der Waals surface area contributed by atoms with Crippen molar-refractivity contribution < 1.29 is 20.0 Å². The van der Waals surface area contributed by atoms with Gasteiger partial charge in [-0.3, -0.25) is 10.1 Å². The van der Waals surface area contributed by atoms with E-state index in [0.717, 1.165) is 0 Å². The van der Waals surface area contributed by atoms with Gasteiger partial charge in [0.15, 0.2) is 0 Å². The van der Waals surface area contributed by atoms with Crippen molar-refractivity contribution in [3.63, 3.8) is 0 Å². The molecule has 0 aliphatic carbocycles. The van der Waals surface area contributed by atoms with Crippen LogP contribution in [0.1, 0.15) is 6.92 Å². The van der Waals surface area contributed by atoms with Crippen LogP contribution in [0, 0.1) is 0 Å². The Bertz CT molecular complexity index is 105. The van der Waals surface area contributed by atoms with Crippen LogP contribution in [-0.2, 0) is 9.68 Å². The van der Waals surface area contributed by atoms with E-state index in [1.165, 1.54) is 6.92 Å². The molecule has 9 heavy (non-hydrogen) atoms. The average Bonchev–Trinajstić information content (AvgIpc) is 1.84. The van der Waals surface area contributed by atoms with Gasteiger partial charge in [0.1, 0.15) is 12.1 Å². The molecular formula is C4H9NO4. The highest BCUT2D eigenvalue weighted by Crippen LogP contribution is 1.92. The molecule has 5 nitrogen and oxygen atoms in total. The number of carboxylic acid groups (broad SMARTS) is 1. The highest BCUT2D eigenvalue weighted by Gasteiger charge is 2.20. The maximum Gasteiger partial charge on any atom is 0.323 e. The summed E-state index contributed by atoms with van der Waals surface area (Å²) in [5, 5.41) is 16.1. The smallest absolute Gasteiger partial charge is 0.323 e. The van der Waals surface area contributed by atoms with Crippen LogP contribution < -0.4 is 5.73 Å². The first-order valence-corrected chi connectivity index (χ1v) is 2.38. The van der Waals surface area contributed by atoms with Crippen LogP contribution >= 0.6 is 0 Å². The van der Waals surface area contributed by atoms with Gasteiger partial charge in [-0.25, -0.2) is 4.89 Å². The molecule has 0 unspecified atom stereocenters. The molecule has 54 valence electrons. The van der Waals surface area contributed by atoms with E-state index in [-0.39, 0.29) is 0 Å². The summed E-state index contributed by atoms with van der Waals surface area (Å²) in [5.41, 5.74) is 4.99. The predicted octanol–water partition coefficient (Wildman–Crippen LogP) is -0.724. The molecule has 0 aliphatic rings. The zero-order valence-corrected chi connectivity index (χ0v) is 4.94. The third kappa shape index (κ3) is 2.41. The van der Waals surface area contributed by atoms with E-state index in [4.69, 9.17) is 16.1 Å². The van der Waals surface area contributed by atoms with Crippen molar-refractivity contribution in [3.8, 4) is 0 Å². The molecule has 0 radical (unpaired) electrons. The van der Waals surface area contributed by atoms with Crippen molar-refractivity contribution in [1.29, 1.82) is 0 Å². The van der Waals surface area contributed by atoms with Gasteiger partial charge in [-0.15, -0.1) is 0 Å². The van der Waals surface area contributed by atoms with Gasteiger partial charge in [-0.1, -0.05) is 0 Å². The summed E-state index contributed by atoms with van der Waals surface area (Å²) in [4.78, 5) is 13.7. The monoisotopic (exact) mass is 135 g/mol. The molecule has 2 atom stereocenters. The minimum Gasteiger partial charge on any atom is -0.480 e. The maximum atomic E-state index is 9.98. The molecule has 0 aromatic heterocycles. The summed E-state index contributed by atoms with van der Waals surface area (Å²) < 4.78 is 0. The summed E-state index contributed by atoms with van der Waals surface area (Å²) in [5.74, 6) is -1.20. The Labute approximate surface area is 52.0 Å². The Morgan fingerprint density at radius 2 is 2.22 bits per heavy atom. The van der Waals surface area contributed by atoms with Gasteiger partial charge < -0.3 is 10.8 Å². The Morgan fingerprint density at radius 1 is 1.78 bits per heavy atom. The fraction of sp³-hybridized carbons (Fsp3) is 0.750. The number of hydrogen-bond donors (Lipinski definition) is 3. The lowest BCUT2D eigenvalue weighted by atomic mass is 10.2. The van der Waals surface area contributed by atoms with Gasteiger partial charge in [-0.2, -0.15) is 0 Å². The molecule has 5 heteroatoms. The van der Waals surface area contributed by atoms with E-state index >= 15 is 0 Å². The van der Waals surface area contributed by atoms with Gasteiger partial charge in [-0.05, 0) is 6.92 Å². The second-order valence-electron chi connectivity index (χ2n) is 1.67. The first-order valence-electron chi connectivity index (χ1n) is 2.38. The van der Waals surface area contributed by atoms with Crippen molar-refractivity contribution in [2.24, 2.45) is 5.73 Å². The molecule has 0 aliphatic heterocycles. The van der Waals surface area contributed by atoms with Gasteiger partial charge in [0.2, 0.25) is 0 Å². The molecule has 0 bridgehead atoms. The fourth-order valence-corrected chi connectivity index (χ4v) is 0.266. The van der Waals surface area contributed by atoms with Crippen LogP contribution in [0.2, 0.25) is 0 Å². The van der Waals surface area contributed by atoms with Crippen molar-refractivity contribution in [1.82, 2.24) is 0 Å². The van der Waals surface area contributed by atoms with E-state index < -0.39 is 18.1 Å². The van der Waals surface area contributed by atoms with Crippen molar-refractivity contribution >= 4 is 5.97 Å². The summed E-state index contributed by atoms with van der Waals surface area (Å²) >= 11 is 0. The molecule has 4 N–H and O–H groups in total. The molecule has 0 rings (SSSR count). The third-order valence-electron chi connectivity index (χ3n) is 0.957. The minimum atomic E-state index is -1.20. The topological polar surface area (TPSA) is 92.8 Å². The summed E-state index contributed by atoms with van der Waals surface area (Å²) in [6, 6.07) is -1.17. The lowest BCUT2D eigenvalue weighted by molar-refractivity contribution is -0.277. The summed E-state index contributed by atoms with van der Waals surface area (Å²) in [6.45, 7) is 1.36. The SMILES string of the molecule is C[C@@H](OO)[C@H](N)C(=O)O. The van der Waals surface area contributed by atoms with E-state index in [9.17, 15) is 4.79 Å². The third-order valence-corrected chi connectivity index (χ3v) is 0.957. The van der Waals surface area contributed by atoms with Crippen molar-refractivity contribution in [2.45, 2.75) is 19.1 Å². The van der Waals surface area contributed by atoms with Crippen LogP contribution in [0.3, 0.4) is 0 Å². The zero-order valence-electron chi connectivity index (χ0n) is 4.94.